The first kappa shape index (κ1) is 10.3. The minimum atomic E-state index is -0.222. The van der Waals surface area contributed by atoms with E-state index in [0.717, 1.165) is 24.5 Å². The fourth-order valence-electron chi connectivity index (χ4n) is 1.53. The van der Waals surface area contributed by atoms with Crippen molar-refractivity contribution in [3.8, 4) is 0 Å². The molecule has 0 spiro atoms. The highest BCUT2D eigenvalue weighted by atomic mass is 16.7. The normalized spacial score (nSPS) is 26.2. The van der Waals surface area contributed by atoms with Crippen molar-refractivity contribution in [2.45, 2.75) is 13.2 Å². The van der Waals surface area contributed by atoms with Crippen LogP contribution in [0.15, 0.2) is 29.3 Å². The maximum atomic E-state index is 5.58. The molecule has 3 heteroatoms. The molecule has 80 valence electrons. The molecule has 0 aromatic heterocycles. The lowest BCUT2D eigenvalue weighted by Crippen LogP contribution is -2.24. The highest BCUT2D eigenvalue weighted by Crippen LogP contribution is 2.26. The predicted octanol–water partition coefficient (Wildman–Crippen LogP) is 2.70. The second-order valence-electron chi connectivity index (χ2n) is 3.85. The maximum absolute atomic E-state index is 5.58. The summed E-state index contributed by atoms with van der Waals surface area (Å²) in [5, 5.41) is 0. The van der Waals surface area contributed by atoms with Crippen LogP contribution in [0.1, 0.15) is 18.8 Å². The Hall–Kier alpha value is -1.19. The van der Waals surface area contributed by atoms with Gasteiger partial charge in [-0.3, -0.25) is 4.99 Å². The van der Waals surface area contributed by atoms with E-state index in [1.165, 1.54) is 0 Å². The minimum Gasteiger partial charge on any atom is -0.348 e. The molecule has 1 aliphatic rings. The van der Waals surface area contributed by atoms with Gasteiger partial charge in [-0.2, -0.15) is 0 Å². The number of rotatable bonds is 2. The van der Waals surface area contributed by atoms with Crippen molar-refractivity contribution in [3.05, 3.63) is 29.8 Å². The van der Waals surface area contributed by atoms with Gasteiger partial charge in [0.2, 0.25) is 0 Å². The molecule has 0 saturated carbocycles. The third-order valence-electron chi connectivity index (χ3n) is 2.41. The first-order valence-electron chi connectivity index (χ1n) is 5.09. The molecule has 1 aliphatic heterocycles. The molecule has 0 amide bonds. The summed E-state index contributed by atoms with van der Waals surface area (Å²) in [6.07, 6.45) is -0.222. The summed E-state index contributed by atoms with van der Waals surface area (Å²) in [6, 6.07) is 7.75. The summed E-state index contributed by atoms with van der Waals surface area (Å²) in [7, 11) is 0. The van der Waals surface area contributed by atoms with Gasteiger partial charge in [0.15, 0.2) is 6.29 Å². The Morgan fingerprint density at radius 3 is 2.33 bits per heavy atom. The summed E-state index contributed by atoms with van der Waals surface area (Å²) >= 11 is 0. The fourth-order valence-corrected chi connectivity index (χ4v) is 1.53. The highest BCUT2D eigenvalue weighted by Gasteiger charge is 2.20. The van der Waals surface area contributed by atoms with Crippen molar-refractivity contribution in [2.75, 3.05) is 13.2 Å². The molecule has 1 fully saturated rings. The number of hydrogen-bond donors (Lipinski definition) is 0. The second-order valence-corrected chi connectivity index (χ2v) is 3.85. The number of hydrogen-bond acceptors (Lipinski definition) is 3. The van der Waals surface area contributed by atoms with Gasteiger partial charge in [0.05, 0.1) is 18.9 Å². The molecule has 0 bridgehead atoms. The van der Waals surface area contributed by atoms with Gasteiger partial charge in [-0.25, -0.2) is 0 Å². The van der Waals surface area contributed by atoms with E-state index in [1.807, 2.05) is 24.3 Å². The van der Waals surface area contributed by atoms with Gasteiger partial charge in [0.25, 0.3) is 0 Å². The molecule has 0 atom stereocenters. The fraction of sp³-hybridized carbons (Fsp3) is 0.417. The molecule has 2 rings (SSSR count). The van der Waals surface area contributed by atoms with Crippen LogP contribution in [0.5, 0.6) is 0 Å². The highest BCUT2D eigenvalue weighted by molar-refractivity contribution is 5.46. The van der Waals surface area contributed by atoms with Crippen LogP contribution in [0, 0.1) is 5.92 Å². The molecule has 0 aliphatic carbocycles. The minimum absolute atomic E-state index is 0.222. The van der Waals surface area contributed by atoms with Crippen molar-refractivity contribution in [1.82, 2.24) is 0 Å². The van der Waals surface area contributed by atoms with E-state index in [1.54, 1.807) is 0 Å². The first-order valence-corrected chi connectivity index (χ1v) is 5.09. The van der Waals surface area contributed by atoms with Crippen LogP contribution in [0.4, 0.5) is 5.69 Å². The van der Waals surface area contributed by atoms with Gasteiger partial charge >= 0.3 is 0 Å². The van der Waals surface area contributed by atoms with E-state index >= 15 is 0 Å². The van der Waals surface area contributed by atoms with E-state index in [0.29, 0.717) is 5.92 Å². The molecule has 3 nitrogen and oxygen atoms in total. The summed E-state index contributed by atoms with van der Waals surface area (Å²) in [5.41, 5.74) is 1.90. The number of aliphatic imine (C=N–C) groups is 1. The molecule has 1 saturated heterocycles. The Labute approximate surface area is 89.7 Å². The lowest BCUT2D eigenvalue weighted by atomic mass is 10.1. The van der Waals surface area contributed by atoms with E-state index in [-0.39, 0.29) is 6.29 Å². The zero-order valence-electron chi connectivity index (χ0n) is 8.85. The van der Waals surface area contributed by atoms with Gasteiger partial charge in [-0.05, 0) is 18.9 Å². The van der Waals surface area contributed by atoms with Gasteiger partial charge < -0.3 is 9.47 Å². The second kappa shape index (κ2) is 4.55. The van der Waals surface area contributed by atoms with Crippen LogP contribution < -0.4 is 0 Å². The molecule has 1 aromatic carbocycles. The van der Waals surface area contributed by atoms with Crippen LogP contribution >= 0.6 is 0 Å². The summed E-state index contributed by atoms with van der Waals surface area (Å²) in [4.78, 5) is 3.84. The third-order valence-corrected chi connectivity index (χ3v) is 2.41. The quantitative estimate of drug-likeness (QED) is 0.695. The molecule has 0 radical (unpaired) electrons. The van der Waals surface area contributed by atoms with Crippen molar-refractivity contribution in [1.29, 1.82) is 0 Å². The summed E-state index contributed by atoms with van der Waals surface area (Å²) < 4.78 is 11.2. The molecule has 1 aromatic rings. The predicted molar refractivity (Wildman–Crippen MR) is 59.5 cm³/mol. The molecule has 0 N–H and O–H groups in total. The Morgan fingerprint density at radius 1 is 1.20 bits per heavy atom. The van der Waals surface area contributed by atoms with Gasteiger partial charge in [0.1, 0.15) is 0 Å². The van der Waals surface area contributed by atoms with Crippen molar-refractivity contribution in [3.63, 3.8) is 0 Å². The smallest absolute Gasteiger partial charge is 0.183 e. The largest absolute Gasteiger partial charge is 0.348 e. The first-order chi connectivity index (χ1) is 7.29. The van der Waals surface area contributed by atoms with E-state index in [2.05, 4.69) is 18.6 Å². The number of ether oxygens (including phenoxy) is 2. The zero-order chi connectivity index (χ0) is 10.7. The zero-order valence-corrected chi connectivity index (χ0v) is 8.85. The average molecular weight is 205 g/mol. The Kier molecular flexibility index (Phi) is 3.14. The van der Waals surface area contributed by atoms with Gasteiger partial charge in [-0.15, -0.1) is 0 Å². The molecular weight excluding hydrogens is 190 g/mol. The van der Waals surface area contributed by atoms with Crippen LogP contribution in [0.3, 0.4) is 0 Å². The van der Waals surface area contributed by atoms with Gasteiger partial charge in [0, 0.05) is 11.5 Å². The van der Waals surface area contributed by atoms with E-state index < -0.39 is 0 Å². The SMILES string of the molecule is C=Nc1ccc(C2OCC(C)CO2)cc1. The molecule has 1 heterocycles. The van der Waals surface area contributed by atoms with Crippen molar-refractivity contribution in [2.24, 2.45) is 10.9 Å². The van der Waals surface area contributed by atoms with Crippen LogP contribution in [0.2, 0.25) is 0 Å². The van der Waals surface area contributed by atoms with Crippen LogP contribution in [-0.4, -0.2) is 19.9 Å². The lowest BCUT2D eigenvalue weighted by molar-refractivity contribution is -0.202. The topological polar surface area (TPSA) is 30.8 Å². The Morgan fingerprint density at radius 2 is 1.80 bits per heavy atom. The van der Waals surface area contributed by atoms with Crippen molar-refractivity contribution < 1.29 is 9.47 Å². The molecular formula is C12H15NO2. The monoisotopic (exact) mass is 205 g/mol. The Bertz CT molecular complexity index is 326. The maximum Gasteiger partial charge on any atom is 0.183 e. The van der Waals surface area contributed by atoms with E-state index in [9.17, 15) is 0 Å². The van der Waals surface area contributed by atoms with Crippen LogP contribution in [0.25, 0.3) is 0 Å². The van der Waals surface area contributed by atoms with Gasteiger partial charge in [-0.1, -0.05) is 19.1 Å². The third kappa shape index (κ3) is 2.43. The van der Waals surface area contributed by atoms with Crippen molar-refractivity contribution >= 4 is 12.4 Å². The summed E-state index contributed by atoms with van der Waals surface area (Å²) in [5.74, 6) is 0.482. The standard InChI is InChI=1S/C12H15NO2/c1-9-7-14-12(15-8-9)10-3-5-11(13-2)6-4-10/h3-6,9,12H,2,7-8H2,1H3. The summed E-state index contributed by atoms with van der Waals surface area (Å²) in [6.45, 7) is 7.09. The number of benzene rings is 1. The molecule has 0 unspecified atom stereocenters. The molecule has 15 heavy (non-hydrogen) atoms. The number of nitrogens with zero attached hydrogens (tertiary/aromatic N) is 1. The Balaban J connectivity index is 2.06. The lowest BCUT2D eigenvalue weighted by Gasteiger charge is -2.27. The van der Waals surface area contributed by atoms with Crippen LogP contribution in [-0.2, 0) is 9.47 Å². The average Bonchev–Trinajstić information content (AvgIpc) is 2.30. The van der Waals surface area contributed by atoms with E-state index in [4.69, 9.17) is 9.47 Å².